The van der Waals surface area contributed by atoms with Gasteiger partial charge >= 0.3 is 0 Å². The predicted octanol–water partition coefficient (Wildman–Crippen LogP) is 12.6. The number of fused-ring (bicyclic) bond motifs is 5. The lowest BCUT2D eigenvalue weighted by molar-refractivity contribution is 0.601. The van der Waals surface area contributed by atoms with Gasteiger partial charge in [0.25, 0.3) is 0 Å². The van der Waals surface area contributed by atoms with E-state index < -0.39 is 0 Å². The molecule has 1 aliphatic carbocycles. The lowest BCUT2D eigenvalue weighted by Gasteiger charge is -2.26. The van der Waals surface area contributed by atoms with Gasteiger partial charge in [-0.05, 0) is 100 Å². The van der Waals surface area contributed by atoms with E-state index in [0.717, 1.165) is 0 Å². The Bertz CT molecular complexity index is 2210. The normalized spacial score (nSPS) is 13.6. The van der Waals surface area contributed by atoms with Gasteiger partial charge in [-0.1, -0.05) is 162 Å². The highest BCUT2D eigenvalue weighted by Crippen LogP contribution is 2.50. The first-order valence-corrected chi connectivity index (χ1v) is 16.1. The van der Waals surface area contributed by atoms with E-state index in [1.165, 1.54) is 82.7 Å². The molecule has 0 bridgehead atoms. The van der Waals surface area contributed by atoms with Gasteiger partial charge in [-0.2, -0.15) is 0 Å². The molecule has 0 saturated heterocycles. The summed E-state index contributed by atoms with van der Waals surface area (Å²) in [5, 5.41) is 5.29. The van der Waals surface area contributed by atoms with Gasteiger partial charge in [-0.15, -0.1) is 0 Å². The van der Waals surface area contributed by atoms with Crippen molar-refractivity contribution in [1.29, 1.82) is 0 Å². The summed E-state index contributed by atoms with van der Waals surface area (Å²) in [6, 6.07) is 52.0. The number of rotatable bonds is 3. The summed E-state index contributed by atoms with van der Waals surface area (Å²) < 4.78 is 0. The zero-order valence-electron chi connectivity index (χ0n) is 26.8. The van der Waals surface area contributed by atoms with Crippen LogP contribution in [0.4, 0.5) is 0 Å². The monoisotopic (exact) mass is 578 g/mol. The predicted molar refractivity (Wildman–Crippen MR) is 194 cm³/mol. The molecule has 0 fully saturated rings. The Balaban J connectivity index is 1.32. The lowest BCUT2D eigenvalue weighted by Crippen LogP contribution is -2.14. The van der Waals surface area contributed by atoms with Crippen LogP contribution in [0, 0.1) is 0 Å². The molecule has 0 spiro atoms. The molecular weight excluding hydrogens is 540 g/mol. The van der Waals surface area contributed by atoms with Crippen LogP contribution in [0.1, 0.15) is 51.3 Å². The van der Waals surface area contributed by atoms with Gasteiger partial charge in [0.2, 0.25) is 0 Å². The summed E-state index contributed by atoms with van der Waals surface area (Å²) >= 11 is 0. The Morgan fingerprint density at radius 3 is 1.58 bits per heavy atom. The minimum absolute atomic E-state index is 0.0113. The molecule has 7 aromatic carbocycles. The fourth-order valence-electron chi connectivity index (χ4n) is 7.93. The maximum atomic E-state index is 2.42. The Labute approximate surface area is 267 Å². The first-order chi connectivity index (χ1) is 21.7. The van der Waals surface area contributed by atoms with Crippen molar-refractivity contribution in [1.82, 2.24) is 0 Å². The second kappa shape index (κ2) is 10.0. The van der Waals surface area contributed by atoms with E-state index in [2.05, 4.69) is 174 Å². The molecule has 0 aromatic heterocycles. The molecule has 0 aliphatic heterocycles. The van der Waals surface area contributed by atoms with E-state index in [1.54, 1.807) is 0 Å². The highest BCUT2D eigenvalue weighted by Gasteiger charge is 2.35. The molecule has 8 rings (SSSR count). The highest BCUT2D eigenvalue weighted by molar-refractivity contribution is 6.17. The standard InChI is InChI=1S/C45H38/c1-44(2,3)43-38-22-10-8-20-36(38)42(37-21-9-11-23-39(37)43)35-19-7-6-17-32(35)31-16-14-15-29(27-31)30-25-26-34-33-18-12-13-24-40(33)45(4,5)41(34)28-30/h6-28H,1-5H3. The van der Waals surface area contributed by atoms with Gasteiger partial charge in [0.1, 0.15) is 0 Å². The molecule has 0 atom stereocenters. The summed E-state index contributed by atoms with van der Waals surface area (Å²) in [4.78, 5) is 0. The Morgan fingerprint density at radius 1 is 0.400 bits per heavy atom. The first kappa shape index (κ1) is 27.6. The molecule has 0 heterocycles. The van der Waals surface area contributed by atoms with Crippen LogP contribution in [-0.2, 0) is 10.8 Å². The topological polar surface area (TPSA) is 0 Å². The highest BCUT2D eigenvalue weighted by atomic mass is 14.4. The molecule has 0 radical (unpaired) electrons. The summed E-state index contributed by atoms with van der Waals surface area (Å²) in [6.45, 7) is 11.7. The largest absolute Gasteiger partial charge is 0.0619 e. The van der Waals surface area contributed by atoms with Gasteiger partial charge < -0.3 is 0 Å². The van der Waals surface area contributed by atoms with Crippen LogP contribution in [0.15, 0.2) is 140 Å². The average molecular weight is 579 g/mol. The van der Waals surface area contributed by atoms with Crippen molar-refractivity contribution in [2.24, 2.45) is 0 Å². The van der Waals surface area contributed by atoms with Gasteiger partial charge in [0.05, 0.1) is 0 Å². The summed E-state index contributed by atoms with van der Waals surface area (Å²) in [5.74, 6) is 0. The van der Waals surface area contributed by atoms with Crippen LogP contribution in [-0.4, -0.2) is 0 Å². The van der Waals surface area contributed by atoms with Crippen molar-refractivity contribution in [2.45, 2.75) is 45.4 Å². The van der Waals surface area contributed by atoms with Crippen molar-refractivity contribution < 1.29 is 0 Å². The van der Waals surface area contributed by atoms with E-state index in [-0.39, 0.29) is 10.8 Å². The molecule has 0 nitrogen and oxygen atoms in total. The van der Waals surface area contributed by atoms with E-state index in [0.29, 0.717) is 0 Å². The van der Waals surface area contributed by atoms with E-state index in [9.17, 15) is 0 Å². The van der Waals surface area contributed by atoms with E-state index >= 15 is 0 Å². The molecule has 0 amide bonds. The fraction of sp³-hybridized carbons (Fsp3) is 0.156. The molecule has 0 heteroatoms. The zero-order chi connectivity index (χ0) is 30.9. The van der Waals surface area contributed by atoms with Crippen LogP contribution in [0.25, 0.3) is 66.1 Å². The Morgan fingerprint density at radius 2 is 0.911 bits per heavy atom. The van der Waals surface area contributed by atoms with Gasteiger partial charge in [0, 0.05) is 5.41 Å². The summed E-state index contributed by atoms with van der Waals surface area (Å²) in [6.07, 6.45) is 0. The minimum atomic E-state index is -0.0204. The molecule has 45 heavy (non-hydrogen) atoms. The summed E-state index contributed by atoms with van der Waals surface area (Å²) in [5.41, 5.74) is 14.5. The first-order valence-electron chi connectivity index (χ1n) is 16.1. The van der Waals surface area contributed by atoms with Crippen LogP contribution in [0.5, 0.6) is 0 Å². The Hall–Kier alpha value is -4.94. The average Bonchev–Trinajstić information content (AvgIpc) is 3.29. The SMILES string of the molecule is CC(C)(C)c1c2ccccc2c(-c2ccccc2-c2cccc(-c3ccc4c(c3)C(C)(C)c3ccccc3-4)c2)c2ccccc12. The van der Waals surface area contributed by atoms with Crippen molar-refractivity contribution >= 4 is 21.5 Å². The van der Waals surface area contributed by atoms with Crippen LogP contribution in [0.2, 0.25) is 0 Å². The Kier molecular flexibility index (Phi) is 6.16. The second-order valence-electron chi connectivity index (χ2n) is 14.1. The third-order valence-electron chi connectivity index (χ3n) is 9.97. The molecule has 0 saturated carbocycles. The van der Waals surface area contributed by atoms with Gasteiger partial charge in [-0.3, -0.25) is 0 Å². The van der Waals surface area contributed by atoms with Crippen molar-refractivity contribution in [3.63, 3.8) is 0 Å². The third-order valence-corrected chi connectivity index (χ3v) is 9.97. The zero-order valence-corrected chi connectivity index (χ0v) is 26.8. The third kappa shape index (κ3) is 4.27. The molecule has 218 valence electrons. The molecule has 0 N–H and O–H groups in total. The number of hydrogen-bond donors (Lipinski definition) is 0. The van der Waals surface area contributed by atoms with Crippen molar-refractivity contribution in [3.05, 3.63) is 156 Å². The minimum Gasteiger partial charge on any atom is -0.0619 e. The fourth-order valence-corrected chi connectivity index (χ4v) is 7.93. The van der Waals surface area contributed by atoms with Crippen molar-refractivity contribution in [3.8, 4) is 44.5 Å². The molecule has 7 aromatic rings. The number of hydrogen-bond acceptors (Lipinski definition) is 0. The van der Waals surface area contributed by atoms with E-state index in [1.807, 2.05) is 0 Å². The maximum Gasteiger partial charge on any atom is 0.0159 e. The van der Waals surface area contributed by atoms with E-state index in [4.69, 9.17) is 0 Å². The van der Waals surface area contributed by atoms with Gasteiger partial charge in [0.15, 0.2) is 0 Å². The molecule has 0 unspecified atom stereocenters. The quantitative estimate of drug-likeness (QED) is 0.183. The second-order valence-corrected chi connectivity index (χ2v) is 14.1. The maximum absolute atomic E-state index is 2.42. The smallest absolute Gasteiger partial charge is 0.0159 e. The van der Waals surface area contributed by atoms with Crippen LogP contribution in [0.3, 0.4) is 0 Å². The van der Waals surface area contributed by atoms with Crippen molar-refractivity contribution in [2.75, 3.05) is 0 Å². The van der Waals surface area contributed by atoms with Crippen LogP contribution >= 0.6 is 0 Å². The number of benzene rings is 7. The molecule has 1 aliphatic rings. The lowest BCUT2D eigenvalue weighted by atomic mass is 9.77. The molecular formula is C45H38. The van der Waals surface area contributed by atoms with Gasteiger partial charge in [-0.25, -0.2) is 0 Å². The summed E-state index contributed by atoms with van der Waals surface area (Å²) in [7, 11) is 0. The van der Waals surface area contributed by atoms with Crippen LogP contribution < -0.4 is 0 Å².